The maximum absolute atomic E-state index is 11.0. The number of rotatable bonds is 1. The van der Waals surface area contributed by atoms with Gasteiger partial charge in [-0.1, -0.05) is 11.6 Å². The Morgan fingerprint density at radius 1 is 1.50 bits per heavy atom. The number of carboxylic acid groups (broad SMARTS) is 1. The van der Waals surface area contributed by atoms with Crippen molar-refractivity contribution < 1.29 is 9.90 Å². The third-order valence-corrected chi connectivity index (χ3v) is 3.81. The molecule has 4 heteroatoms. The van der Waals surface area contributed by atoms with Gasteiger partial charge in [-0.25, -0.2) is 0 Å². The first-order valence-corrected chi connectivity index (χ1v) is 5.81. The Labute approximate surface area is 98.6 Å². The molecule has 0 amide bonds. The molecule has 2 atom stereocenters. The van der Waals surface area contributed by atoms with Crippen molar-refractivity contribution in [2.45, 2.75) is 18.9 Å². The maximum Gasteiger partial charge on any atom is 0.308 e. The summed E-state index contributed by atoms with van der Waals surface area (Å²) in [5.74, 6) is -0.890. The number of fused-ring (bicyclic) bond motifs is 3. The average molecular weight is 238 g/mol. The number of carboxylic acids is 1. The topological polar surface area (TPSA) is 40.5 Å². The molecule has 1 fully saturated rings. The molecule has 2 aliphatic rings. The van der Waals surface area contributed by atoms with E-state index >= 15 is 0 Å². The highest BCUT2D eigenvalue weighted by Gasteiger charge is 2.40. The fourth-order valence-electron chi connectivity index (χ4n) is 2.84. The van der Waals surface area contributed by atoms with E-state index in [1.54, 1.807) is 0 Å². The summed E-state index contributed by atoms with van der Waals surface area (Å²) in [4.78, 5) is 13.2. The molecule has 3 rings (SSSR count). The first-order chi connectivity index (χ1) is 7.65. The Balaban J connectivity index is 1.91. The molecule has 3 nitrogen and oxygen atoms in total. The van der Waals surface area contributed by atoms with Crippen LogP contribution in [0.2, 0.25) is 5.02 Å². The fourth-order valence-corrected chi connectivity index (χ4v) is 3.03. The van der Waals surface area contributed by atoms with Crippen molar-refractivity contribution in [3.8, 4) is 0 Å². The number of anilines is 1. The van der Waals surface area contributed by atoms with Crippen LogP contribution in [0.1, 0.15) is 12.0 Å². The first kappa shape index (κ1) is 9.97. The zero-order valence-electron chi connectivity index (χ0n) is 8.69. The quantitative estimate of drug-likeness (QED) is 0.814. The summed E-state index contributed by atoms with van der Waals surface area (Å²) in [6, 6.07) is 6.22. The molecule has 1 aromatic carbocycles. The van der Waals surface area contributed by atoms with Crippen LogP contribution in [0.3, 0.4) is 0 Å². The Hall–Kier alpha value is -1.22. The molecule has 0 aromatic heterocycles. The first-order valence-electron chi connectivity index (χ1n) is 5.43. The number of aliphatic carboxylic acids is 1. The van der Waals surface area contributed by atoms with Crippen LogP contribution in [-0.4, -0.2) is 23.7 Å². The Bertz CT molecular complexity index is 460. The molecule has 1 saturated heterocycles. The van der Waals surface area contributed by atoms with Gasteiger partial charge in [0.2, 0.25) is 0 Å². The minimum atomic E-state index is -0.676. The summed E-state index contributed by atoms with van der Waals surface area (Å²) in [5.41, 5.74) is 2.42. The Morgan fingerprint density at radius 2 is 2.31 bits per heavy atom. The SMILES string of the molecule is O=C(O)C1CC2Cc3cc(Cl)ccc3N2C1. The van der Waals surface area contributed by atoms with E-state index in [1.807, 2.05) is 18.2 Å². The van der Waals surface area contributed by atoms with Crippen molar-refractivity contribution in [3.05, 3.63) is 28.8 Å². The molecule has 0 spiro atoms. The lowest BCUT2D eigenvalue weighted by Crippen LogP contribution is -2.25. The predicted molar refractivity (Wildman–Crippen MR) is 62.0 cm³/mol. The van der Waals surface area contributed by atoms with Gasteiger partial charge in [0.25, 0.3) is 0 Å². The zero-order valence-corrected chi connectivity index (χ0v) is 9.44. The number of hydrogen-bond donors (Lipinski definition) is 1. The molecule has 2 aliphatic heterocycles. The average Bonchev–Trinajstić information content (AvgIpc) is 2.73. The minimum Gasteiger partial charge on any atom is -0.481 e. The van der Waals surface area contributed by atoms with Crippen molar-refractivity contribution >= 4 is 23.3 Å². The normalized spacial score (nSPS) is 26.7. The third kappa shape index (κ3) is 1.39. The van der Waals surface area contributed by atoms with E-state index in [4.69, 9.17) is 16.7 Å². The van der Waals surface area contributed by atoms with Gasteiger partial charge in [-0.3, -0.25) is 4.79 Å². The molecule has 0 bridgehead atoms. The van der Waals surface area contributed by atoms with Gasteiger partial charge in [0.05, 0.1) is 5.92 Å². The van der Waals surface area contributed by atoms with Crippen LogP contribution in [0.25, 0.3) is 0 Å². The molecule has 84 valence electrons. The van der Waals surface area contributed by atoms with E-state index in [9.17, 15) is 4.79 Å². The van der Waals surface area contributed by atoms with Gasteiger partial charge in [-0.05, 0) is 36.6 Å². The van der Waals surface area contributed by atoms with Gasteiger partial charge in [-0.15, -0.1) is 0 Å². The van der Waals surface area contributed by atoms with Crippen LogP contribution in [0.4, 0.5) is 5.69 Å². The van der Waals surface area contributed by atoms with Crippen molar-refractivity contribution in [2.24, 2.45) is 5.92 Å². The number of nitrogens with zero attached hydrogens (tertiary/aromatic N) is 1. The molecular formula is C12H12ClNO2. The monoisotopic (exact) mass is 237 g/mol. The number of hydrogen-bond acceptors (Lipinski definition) is 2. The lowest BCUT2D eigenvalue weighted by molar-refractivity contribution is -0.141. The standard InChI is InChI=1S/C12H12ClNO2/c13-9-1-2-11-7(3-9)4-10-5-8(12(15)16)6-14(10)11/h1-3,8,10H,4-6H2,(H,15,16). The van der Waals surface area contributed by atoms with E-state index in [0.29, 0.717) is 12.6 Å². The highest BCUT2D eigenvalue weighted by Crippen LogP contribution is 2.40. The zero-order chi connectivity index (χ0) is 11.3. The van der Waals surface area contributed by atoms with E-state index in [2.05, 4.69) is 4.90 Å². The van der Waals surface area contributed by atoms with Gasteiger partial charge in [0.1, 0.15) is 0 Å². The second-order valence-corrected chi connectivity index (χ2v) is 4.99. The summed E-state index contributed by atoms with van der Waals surface area (Å²) < 4.78 is 0. The molecule has 0 saturated carbocycles. The highest BCUT2D eigenvalue weighted by atomic mass is 35.5. The second kappa shape index (κ2) is 3.39. The van der Waals surface area contributed by atoms with Gasteiger partial charge < -0.3 is 10.0 Å². The number of benzene rings is 1. The van der Waals surface area contributed by atoms with Crippen LogP contribution >= 0.6 is 11.6 Å². The van der Waals surface area contributed by atoms with Crippen molar-refractivity contribution in [3.63, 3.8) is 0 Å². The van der Waals surface area contributed by atoms with Crippen LogP contribution in [-0.2, 0) is 11.2 Å². The molecule has 2 unspecified atom stereocenters. The lowest BCUT2D eigenvalue weighted by Gasteiger charge is -2.18. The molecule has 0 radical (unpaired) electrons. The van der Waals surface area contributed by atoms with Crippen molar-refractivity contribution in [1.29, 1.82) is 0 Å². The van der Waals surface area contributed by atoms with Gasteiger partial charge in [-0.2, -0.15) is 0 Å². The minimum absolute atomic E-state index is 0.214. The fraction of sp³-hybridized carbons (Fsp3) is 0.417. The summed E-state index contributed by atoms with van der Waals surface area (Å²) in [6.07, 6.45) is 1.68. The van der Waals surface area contributed by atoms with Crippen LogP contribution < -0.4 is 4.90 Å². The van der Waals surface area contributed by atoms with E-state index in [1.165, 1.54) is 5.56 Å². The summed E-state index contributed by atoms with van der Waals surface area (Å²) in [5, 5.41) is 9.77. The van der Waals surface area contributed by atoms with Gasteiger partial charge >= 0.3 is 5.97 Å². The van der Waals surface area contributed by atoms with Crippen LogP contribution in [0.15, 0.2) is 18.2 Å². The van der Waals surface area contributed by atoms with Gasteiger partial charge in [0, 0.05) is 23.3 Å². The Kier molecular flexibility index (Phi) is 2.11. The maximum atomic E-state index is 11.0. The summed E-state index contributed by atoms with van der Waals surface area (Å²) in [6.45, 7) is 0.634. The molecular weight excluding hydrogens is 226 g/mol. The van der Waals surface area contributed by atoms with Crippen LogP contribution in [0.5, 0.6) is 0 Å². The van der Waals surface area contributed by atoms with E-state index in [0.717, 1.165) is 23.6 Å². The summed E-state index contributed by atoms with van der Waals surface area (Å²) in [7, 11) is 0. The molecule has 2 heterocycles. The molecule has 1 aromatic rings. The highest BCUT2D eigenvalue weighted by molar-refractivity contribution is 6.30. The smallest absolute Gasteiger partial charge is 0.308 e. The largest absolute Gasteiger partial charge is 0.481 e. The molecule has 16 heavy (non-hydrogen) atoms. The van der Waals surface area contributed by atoms with Crippen LogP contribution in [0, 0.1) is 5.92 Å². The number of halogens is 1. The molecule has 0 aliphatic carbocycles. The van der Waals surface area contributed by atoms with Crippen molar-refractivity contribution in [2.75, 3.05) is 11.4 Å². The third-order valence-electron chi connectivity index (χ3n) is 3.57. The summed E-state index contributed by atoms with van der Waals surface area (Å²) >= 11 is 5.95. The lowest BCUT2D eigenvalue weighted by atomic mass is 10.0. The second-order valence-electron chi connectivity index (χ2n) is 4.55. The van der Waals surface area contributed by atoms with E-state index in [-0.39, 0.29) is 5.92 Å². The van der Waals surface area contributed by atoms with E-state index < -0.39 is 5.97 Å². The predicted octanol–water partition coefficient (Wildman–Crippen LogP) is 2.18. The number of carbonyl (C=O) groups is 1. The van der Waals surface area contributed by atoms with Gasteiger partial charge in [0.15, 0.2) is 0 Å². The van der Waals surface area contributed by atoms with Crippen molar-refractivity contribution in [1.82, 2.24) is 0 Å². The molecule has 1 N–H and O–H groups in total. The Morgan fingerprint density at radius 3 is 3.06 bits per heavy atom.